The van der Waals surface area contributed by atoms with Crippen molar-refractivity contribution in [2.24, 2.45) is 0 Å². The Labute approximate surface area is 217 Å². The van der Waals surface area contributed by atoms with E-state index in [0.717, 1.165) is 52.8 Å². The van der Waals surface area contributed by atoms with Gasteiger partial charge in [0.15, 0.2) is 5.82 Å². The maximum absolute atomic E-state index is 13.8. The van der Waals surface area contributed by atoms with Crippen LogP contribution in [0.3, 0.4) is 0 Å². The molecule has 0 radical (unpaired) electrons. The minimum absolute atomic E-state index is 0.120. The molecule has 0 bridgehead atoms. The molecule has 6 rings (SSSR count). The zero-order valence-corrected chi connectivity index (χ0v) is 21.4. The fourth-order valence-electron chi connectivity index (χ4n) is 5.39. The fourth-order valence-corrected chi connectivity index (χ4v) is 5.39. The second-order valence-electron chi connectivity index (χ2n) is 9.95. The Morgan fingerprint density at radius 1 is 0.757 bits per heavy atom. The van der Waals surface area contributed by atoms with E-state index >= 15 is 0 Å². The number of hydrogen-bond donors (Lipinski definition) is 0. The number of carbonyl (C=O) groups excluding carboxylic acids is 1. The van der Waals surface area contributed by atoms with Crippen LogP contribution in [-0.4, -0.2) is 47.2 Å². The molecule has 0 N–H and O–H groups in total. The summed E-state index contributed by atoms with van der Waals surface area (Å²) in [6, 6.07) is 24.2. The number of aromatic nitrogens is 2. The van der Waals surface area contributed by atoms with Crippen LogP contribution in [0.5, 0.6) is 11.5 Å². The molecule has 2 aliphatic rings. The smallest absolute Gasteiger partial charge is 0.234 e. The van der Waals surface area contributed by atoms with E-state index in [1.54, 1.807) is 0 Å². The minimum atomic E-state index is -0.354. The van der Waals surface area contributed by atoms with Gasteiger partial charge in [-0.05, 0) is 67.8 Å². The molecule has 1 fully saturated rings. The molecule has 4 aromatic rings. The zero-order chi connectivity index (χ0) is 25.5. The van der Waals surface area contributed by atoms with Gasteiger partial charge < -0.3 is 14.5 Å². The summed E-state index contributed by atoms with van der Waals surface area (Å²) < 4.78 is 6.09. The summed E-state index contributed by atoms with van der Waals surface area (Å²) in [5.41, 5.74) is 7.60. The molecule has 3 aromatic carbocycles. The summed E-state index contributed by atoms with van der Waals surface area (Å²) >= 11 is 0. The van der Waals surface area contributed by atoms with Gasteiger partial charge in [-0.25, -0.2) is 0 Å². The van der Waals surface area contributed by atoms with E-state index in [9.17, 15) is 4.79 Å². The van der Waals surface area contributed by atoms with E-state index in [1.807, 2.05) is 65.6 Å². The molecule has 0 atom stereocenters. The number of fused-ring (bicyclic) bond motifs is 2. The van der Waals surface area contributed by atoms with E-state index in [0.29, 0.717) is 13.1 Å². The monoisotopic (exact) mass is 490 g/mol. The summed E-state index contributed by atoms with van der Waals surface area (Å²) in [4.78, 5) is 18.0. The number of para-hydroxylation sites is 2. The van der Waals surface area contributed by atoms with Crippen molar-refractivity contribution in [3.05, 3.63) is 101 Å². The van der Waals surface area contributed by atoms with Crippen molar-refractivity contribution < 1.29 is 9.53 Å². The Bertz CT molecular complexity index is 1430. The second-order valence-corrected chi connectivity index (χ2v) is 9.95. The van der Waals surface area contributed by atoms with Crippen LogP contribution in [0.25, 0.3) is 11.3 Å². The van der Waals surface area contributed by atoms with Gasteiger partial charge in [0.05, 0.1) is 11.6 Å². The Morgan fingerprint density at radius 2 is 1.38 bits per heavy atom. The SMILES string of the molecule is Cc1cc(C)c(-c2ccc(N3CCN(C(=O)C4c5ccccc5Oc5ccccc54)CC3)nn2)cc1C. The first-order valence-electron chi connectivity index (χ1n) is 12.8. The fraction of sp³-hybridized carbons (Fsp3) is 0.258. The number of piperazine rings is 1. The molecule has 2 aliphatic heterocycles. The van der Waals surface area contributed by atoms with Crippen LogP contribution in [-0.2, 0) is 4.79 Å². The molecule has 6 nitrogen and oxygen atoms in total. The van der Waals surface area contributed by atoms with Crippen LogP contribution in [0.4, 0.5) is 5.82 Å². The van der Waals surface area contributed by atoms with E-state index < -0.39 is 0 Å². The number of aryl methyl sites for hydroxylation is 3. The first-order chi connectivity index (χ1) is 18.0. The highest BCUT2D eigenvalue weighted by Gasteiger charge is 2.36. The Hall–Kier alpha value is -4.19. The average molecular weight is 491 g/mol. The van der Waals surface area contributed by atoms with Crippen molar-refractivity contribution in [2.45, 2.75) is 26.7 Å². The van der Waals surface area contributed by atoms with Crippen molar-refractivity contribution in [1.82, 2.24) is 15.1 Å². The predicted octanol–water partition coefficient (Wildman–Crippen LogP) is 5.66. The molecular weight excluding hydrogens is 460 g/mol. The molecule has 0 spiro atoms. The Morgan fingerprint density at radius 3 is 2.00 bits per heavy atom. The van der Waals surface area contributed by atoms with Crippen LogP contribution in [0, 0.1) is 20.8 Å². The summed E-state index contributed by atoms with van der Waals surface area (Å²) in [5.74, 6) is 2.13. The highest BCUT2D eigenvalue weighted by molar-refractivity contribution is 5.90. The molecule has 0 aliphatic carbocycles. The van der Waals surface area contributed by atoms with Crippen molar-refractivity contribution in [2.75, 3.05) is 31.1 Å². The van der Waals surface area contributed by atoms with Crippen LogP contribution in [0.15, 0.2) is 72.8 Å². The molecule has 186 valence electrons. The molecule has 0 unspecified atom stereocenters. The van der Waals surface area contributed by atoms with Gasteiger partial charge in [0, 0.05) is 42.9 Å². The molecule has 1 amide bonds. The molecule has 0 saturated carbocycles. The number of nitrogens with zero attached hydrogens (tertiary/aromatic N) is 4. The van der Waals surface area contributed by atoms with Gasteiger partial charge in [-0.15, -0.1) is 10.2 Å². The molecule has 1 aromatic heterocycles. The number of rotatable bonds is 3. The normalized spacial score (nSPS) is 15.1. The van der Waals surface area contributed by atoms with Crippen molar-refractivity contribution in [3.63, 3.8) is 0 Å². The van der Waals surface area contributed by atoms with Gasteiger partial charge >= 0.3 is 0 Å². The van der Waals surface area contributed by atoms with E-state index in [4.69, 9.17) is 4.74 Å². The first kappa shape index (κ1) is 23.2. The lowest BCUT2D eigenvalue weighted by atomic mass is 9.86. The summed E-state index contributed by atoms with van der Waals surface area (Å²) in [5, 5.41) is 9.09. The van der Waals surface area contributed by atoms with Gasteiger partial charge in [0.25, 0.3) is 0 Å². The second kappa shape index (κ2) is 9.36. The van der Waals surface area contributed by atoms with Crippen LogP contribution >= 0.6 is 0 Å². The average Bonchev–Trinajstić information content (AvgIpc) is 2.93. The van der Waals surface area contributed by atoms with Gasteiger partial charge in [-0.2, -0.15) is 0 Å². The largest absolute Gasteiger partial charge is 0.457 e. The van der Waals surface area contributed by atoms with E-state index in [1.165, 1.54) is 16.7 Å². The standard InChI is InChI=1S/C31H30N4O2/c1-20-18-22(3)25(19-21(20)2)26-12-13-29(33-32-26)34-14-16-35(17-15-34)31(36)30-23-8-4-6-10-27(23)37-28-11-7-5-9-24(28)30/h4-13,18-19,30H,14-17H2,1-3H3. The quantitative estimate of drug-likeness (QED) is 0.371. The highest BCUT2D eigenvalue weighted by Crippen LogP contribution is 2.44. The lowest BCUT2D eigenvalue weighted by Gasteiger charge is -2.38. The topological polar surface area (TPSA) is 58.6 Å². The number of amides is 1. The molecule has 37 heavy (non-hydrogen) atoms. The number of carbonyl (C=O) groups is 1. The number of ether oxygens (including phenoxy) is 1. The van der Waals surface area contributed by atoms with E-state index in [2.05, 4.69) is 48.0 Å². The highest BCUT2D eigenvalue weighted by atomic mass is 16.5. The van der Waals surface area contributed by atoms with Crippen LogP contribution in [0.2, 0.25) is 0 Å². The van der Waals surface area contributed by atoms with Crippen LogP contribution < -0.4 is 9.64 Å². The Kier molecular flexibility index (Phi) is 5.87. The first-order valence-corrected chi connectivity index (χ1v) is 12.8. The molecule has 3 heterocycles. The van der Waals surface area contributed by atoms with Crippen molar-refractivity contribution >= 4 is 11.7 Å². The lowest BCUT2D eigenvalue weighted by Crippen LogP contribution is -2.50. The summed E-state index contributed by atoms with van der Waals surface area (Å²) in [7, 11) is 0. The summed E-state index contributed by atoms with van der Waals surface area (Å²) in [6.45, 7) is 9.08. The summed E-state index contributed by atoms with van der Waals surface area (Å²) in [6.07, 6.45) is 0. The third kappa shape index (κ3) is 4.22. The number of hydrogen-bond acceptors (Lipinski definition) is 5. The molecule has 1 saturated heterocycles. The molecular formula is C31H30N4O2. The van der Waals surface area contributed by atoms with Gasteiger partial charge in [-0.3, -0.25) is 4.79 Å². The van der Waals surface area contributed by atoms with Gasteiger partial charge in [0.1, 0.15) is 11.5 Å². The Balaban J connectivity index is 1.18. The van der Waals surface area contributed by atoms with Crippen molar-refractivity contribution in [3.8, 4) is 22.8 Å². The van der Waals surface area contributed by atoms with Gasteiger partial charge in [0.2, 0.25) is 5.91 Å². The van der Waals surface area contributed by atoms with Crippen molar-refractivity contribution in [1.29, 1.82) is 0 Å². The van der Waals surface area contributed by atoms with E-state index in [-0.39, 0.29) is 11.8 Å². The maximum Gasteiger partial charge on any atom is 0.234 e. The third-order valence-electron chi connectivity index (χ3n) is 7.61. The predicted molar refractivity (Wildman–Crippen MR) is 145 cm³/mol. The number of anilines is 1. The maximum atomic E-state index is 13.8. The lowest BCUT2D eigenvalue weighted by molar-refractivity contribution is -0.132. The minimum Gasteiger partial charge on any atom is -0.457 e. The molecule has 6 heteroatoms. The van der Waals surface area contributed by atoms with Crippen LogP contribution in [0.1, 0.15) is 33.7 Å². The third-order valence-corrected chi connectivity index (χ3v) is 7.61. The zero-order valence-electron chi connectivity index (χ0n) is 21.4. The van der Waals surface area contributed by atoms with Gasteiger partial charge in [-0.1, -0.05) is 42.5 Å². The number of benzene rings is 3.